The molecule has 1 saturated carbocycles. The topological polar surface area (TPSA) is 74.4 Å². The highest BCUT2D eigenvalue weighted by Gasteiger charge is 2.22. The number of hydrogen-bond acceptors (Lipinski definition) is 5. The molecule has 5 nitrogen and oxygen atoms in total. The number of pyridine rings is 1. The monoisotopic (exact) mass is 222 g/mol. The standard InChI is InChI=1S/C11H14N2O3/c1-15-11(14)9-4-8(12)5-10(13-9)16-6-7-2-3-7/h4-5,7H,2-3,6H2,1H3,(H2,12,13). The highest BCUT2D eigenvalue weighted by Crippen LogP contribution is 2.29. The van der Waals surface area contributed by atoms with Gasteiger partial charge in [0.25, 0.3) is 0 Å². The molecule has 0 atom stereocenters. The van der Waals surface area contributed by atoms with Crippen LogP contribution >= 0.6 is 0 Å². The first-order valence-corrected chi connectivity index (χ1v) is 5.17. The number of rotatable bonds is 4. The van der Waals surface area contributed by atoms with Crippen LogP contribution in [-0.2, 0) is 4.74 Å². The molecule has 1 aromatic rings. The van der Waals surface area contributed by atoms with Crippen LogP contribution in [0.5, 0.6) is 5.88 Å². The number of carbonyl (C=O) groups excluding carboxylic acids is 1. The van der Waals surface area contributed by atoms with Crippen molar-refractivity contribution in [1.29, 1.82) is 0 Å². The average Bonchev–Trinajstić information content (AvgIpc) is 3.08. The summed E-state index contributed by atoms with van der Waals surface area (Å²) in [5, 5.41) is 0. The lowest BCUT2D eigenvalue weighted by molar-refractivity contribution is 0.0592. The van der Waals surface area contributed by atoms with Crippen molar-refractivity contribution in [1.82, 2.24) is 4.98 Å². The number of nitrogen functional groups attached to an aromatic ring is 1. The third-order valence-corrected chi connectivity index (χ3v) is 2.38. The molecule has 2 N–H and O–H groups in total. The first kappa shape index (κ1) is 10.7. The number of anilines is 1. The van der Waals surface area contributed by atoms with E-state index in [-0.39, 0.29) is 5.69 Å². The van der Waals surface area contributed by atoms with Gasteiger partial charge in [0, 0.05) is 11.8 Å². The van der Waals surface area contributed by atoms with E-state index in [0.717, 1.165) is 0 Å². The summed E-state index contributed by atoms with van der Waals surface area (Å²) in [6.45, 7) is 0.636. The van der Waals surface area contributed by atoms with Gasteiger partial charge in [0.05, 0.1) is 13.7 Å². The van der Waals surface area contributed by atoms with Gasteiger partial charge in [-0.1, -0.05) is 0 Å². The van der Waals surface area contributed by atoms with Crippen molar-refractivity contribution >= 4 is 11.7 Å². The van der Waals surface area contributed by atoms with Crippen LogP contribution in [-0.4, -0.2) is 24.7 Å². The average molecular weight is 222 g/mol. The lowest BCUT2D eigenvalue weighted by atomic mass is 10.3. The number of methoxy groups -OCH3 is 1. The molecular weight excluding hydrogens is 208 g/mol. The van der Waals surface area contributed by atoms with Crippen molar-refractivity contribution in [3.63, 3.8) is 0 Å². The van der Waals surface area contributed by atoms with Gasteiger partial charge in [-0.3, -0.25) is 0 Å². The summed E-state index contributed by atoms with van der Waals surface area (Å²) in [6.07, 6.45) is 2.40. The second-order valence-corrected chi connectivity index (χ2v) is 3.87. The maximum absolute atomic E-state index is 11.3. The van der Waals surface area contributed by atoms with Crippen molar-refractivity contribution in [3.05, 3.63) is 17.8 Å². The fourth-order valence-electron chi connectivity index (χ4n) is 1.30. The minimum Gasteiger partial charge on any atom is -0.477 e. The molecule has 1 aromatic heterocycles. The number of nitrogens with two attached hydrogens (primary N) is 1. The van der Waals surface area contributed by atoms with Crippen molar-refractivity contribution in [2.75, 3.05) is 19.5 Å². The van der Waals surface area contributed by atoms with E-state index >= 15 is 0 Å². The van der Waals surface area contributed by atoms with E-state index in [2.05, 4.69) is 9.72 Å². The molecule has 1 fully saturated rings. The van der Waals surface area contributed by atoms with Gasteiger partial charge < -0.3 is 15.2 Å². The van der Waals surface area contributed by atoms with Crippen LogP contribution in [0.4, 0.5) is 5.69 Å². The van der Waals surface area contributed by atoms with Crippen LogP contribution in [0.25, 0.3) is 0 Å². The Hall–Kier alpha value is -1.78. The molecule has 1 aliphatic rings. The van der Waals surface area contributed by atoms with Crippen LogP contribution in [0, 0.1) is 5.92 Å². The number of ether oxygens (including phenoxy) is 2. The Morgan fingerprint density at radius 1 is 1.56 bits per heavy atom. The van der Waals surface area contributed by atoms with Gasteiger partial charge in [-0.05, 0) is 24.8 Å². The van der Waals surface area contributed by atoms with E-state index in [4.69, 9.17) is 10.5 Å². The highest BCUT2D eigenvalue weighted by atomic mass is 16.5. The van der Waals surface area contributed by atoms with Crippen LogP contribution in [0.3, 0.4) is 0 Å². The van der Waals surface area contributed by atoms with Gasteiger partial charge in [0.1, 0.15) is 0 Å². The first-order chi connectivity index (χ1) is 7.69. The number of esters is 1. The predicted octanol–water partition coefficient (Wildman–Crippen LogP) is 1.24. The molecule has 0 saturated heterocycles. The third-order valence-electron chi connectivity index (χ3n) is 2.38. The van der Waals surface area contributed by atoms with Crippen molar-refractivity contribution in [2.24, 2.45) is 5.92 Å². The summed E-state index contributed by atoms with van der Waals surface area (Å²) in [7, 11) is 1.30. The fourth-order valence-corrected chi connectivity index (χ4v) is 1.30. The molecule has 1 aliphatic carbocycles. The van der Waals surface area contributed by atoms with E-state index in [1.807, 2.05) is 0 Å². The largest absolute Gasteiger partial charge is 0.477 e. The van der Waals surface area contributed by atoms with Gasteiger partial charge in [0.2, 0.25) is 5.88 Å². The molecule has 0 amide bonds. The molecule has 5 heteroatoms. The Morgan fingerprint density at radius 3 is 2.94 bits per heavy atom. The maximum atomic E-state index is 11.3. The van der Waals surface area contributed by atoms with E-state index in [1.54, 1.807) is 6.07 Å². The summed E-state index contributed by atoms with van der Waals surface area (Å²) < 4.78 is 10.0. The Kier molecular flexibility index (Phi) is 2.94. The second kappa shape index (κ2) is 4.38. The number of carbonyl (C=O) groups is 1. The normalized spacial score (nSPS) is 14.6. The van der Waals surface area contributed by atoms with E-state index in [9.17, 15) is 4.79 Å². The van der Waals surface area contributed by atoms with E-state index in [0.29, 0.717) is 24.1 Å². The zero-order chi connectivity index (χ0) is 11.5. The van der Waals surface area contributed by atoms with Crippen molar-refractivity contribution < 1.29 is 14.3 Å². The summed E-state index contributed by atoms with van der Waals surface area (Å²) in [4.78, 5) is 15.3. The Bertz CT molecular complexity index is 402. The third kappa shape index (κ3) is 2.62. The summed E-state index contributed by atoms with van der Waals surface area (Å²) in [5.74, 6) is 0.501. The van der Waals surface area contributed by atoms with E-state index in [1.165, 1.54) is 26.0 Å². The number of nitrogens with zero attached hydrogens (tertiary/aromatic N) is 1. The molecular formula is C11H14N2O3. The van der Waals surface area contributed by atoms with Gasteiger partial charge >= 0.3 is 5.97 Å². The molecule has 0 radical (unpaired) electrons. The Labute approximate surface area is 93.6 Å². The Morgan fingerprint density at radius 2 is 2.31 bits per heavy atom. The number of aromatic nitrogens is 1. The SMILES string of the molecule is COC(=O)c1cc(N)cc(OCC2CC2)n1. The molecule has 16 heavy (non-hydrogen) atoms. The lowest BCUT2D eigenvalue weighted by Crippen LogP contribution is -2.08. The number of hydrogen-bond donors (Lipinski definition) is 1. The Balaban J connectivity index is 2.10. The fraction of sp³-hybridized carbons (Fsp3) is 0.455. The predicted molar refractivity (Wildman–Crippen MR) is 58.2 cm³/mol. The molecule has 86 valence electrons. The summed E-state index contributed by atoms with van der Waals surface area (Å²) in [5.41, 5.74) is 6.27. The molecule has 0 aromatic carbocycles. The zero-order valence-electron chi connectivity index (χ0n) is 9.10. The van der Waals surface area contributed by atoms with Crippen molar-refractivity contribution in [2.45, 2.75) is 12.8 Å². The van der Waals surface area contributed by atoms with Crippen LogP contribution < -0.4 is 10.5 Å². The molecule has 0 spiro atoms. The lowest BCUT2D eigenvalue weighted by Gasteiger charge is -2.06. The summed E-state index contributed by atoms with van der Waals surface area (Å²) >= 11 is 0. The van der Waals surface area contributed by atoms with Crippen molar-refractivity contribution in [3.8, 4) is 5.88 Å². The van der Waals surface area contributed by atoms with Gasteiger partial charge in [-0.25, -0.2) is 9.78 Å². The van der Waals surface area contributed by atoms with Crippen LogP contribution in [0.1, 0.15) is 23.3 Å². The molecule has 0 aliphatic heterocycles. The van der Waals surface area contributed by atoms with Gasteiger partial charge in [-0.2, -0.15) is 0 Å². The molecule has 2 rings (SSSR count). The van der Waals surface area contributed by atoms with Crippen LogP contribution in [0.15, 0.2) is 12.1 Å². The smallest absolute Gasteiger partial charge is 0.356 e. The minimum atomic E-state index is -0.511. The molecule has 1 heterocycles. The molecule has 0 bridgehead atoms. The molecule has 0 unspecified atom stereocenters. The first-order valence-electron chi connectivity index (χ1n) is 5.17. The van der Waals surface area contributed by atoms with E-state index < -0.39 is 5.97 Å². The van der Waals surface area contributed by atoms with Gasteiger partial charge in [-0.15, -0.1) is 0 Å². The second-order valence-electron chi connectivity index (χ2n) is 3.87. The highest BCUT2D eigenvalue weighted by molar-refractivity contribution is 5.88. The summed E-state index contributed by atoms with van der Waals surface area (Å²) in [6, 6.07) is 3.07. The van der Waals surface area contributed by atoms with Gasteiger partial charge in [0.15, 0.2) is 5.69 Å². The van der Waals surface area contributed by atoms with Crippen LogP contribution in [0.2, 0.25) is 0 Å². The maximum Gasteiger partial charge on any atom is 0.356 e. The quantitative estimate of drug-likeness (QED) is 0.776. The minimum absolute atomic E-state index is 0.174. The zero-order valence-corrected chi connectivity index (χ0v) is 9.10.